The fourth-order valence-corrected chi connectivity index (χ4v) is 1.90. The summed E-state index contributed by atoms with van der Waals surface area (Å²) in [5.74, 6) is 0.132. The summed E-state index contributed by atoms with van der Waals surface area (Å²) >= 11 is 0. The molecule has 1 aromatic carbocycles. The zero-order valence-electron chi connectivity index (χ0n) is 11.0. The Labute approximate surface area is 108 Å². The van der Waals surface area contributed by atoms with Gasteiger partial charge >= 0.3 is 0 Å². The van der Waals surface area contributed by atoms with Gasteiger partial charge in [-0.3, -0.25) is 9.78 Å². The largest absolute Gasteiger partial charge is 0.294 e. The molecule has 0 aliphatic heterocycles. The molecule has 1 heterocycles. The standard InChI is InChI=1S/C16H17NO/c1-11-4-6-13(3)15(8-11)16(18)9-14-7-5-12(2)10-17-14/h4-8,10H,9H2,1-3H3. The summed E-state index contributed by atoms with van der Waals surface area (Å²) in [6, 6.07) is 9.87. The number of carbonyl (C=O) groups is 1. The average molecular weight is 239 g/mol. The number of Topliss-reactive ketones (excluding diaryl/α,β-unsaturated/α-hetero) is 1. The highest BCUT2D eigenvalue weighted by Gasteiger charge is 2.10. The molecule has 0 saturated heterocycles. The molecule has 18 heavy (non-hydrogen) atoms. The summed E-state index contributed by atoms with van der Waals surface area (Å²) in [7, 11) is 0. The van der Waals surface area contributed by atoms with Crippen LogP contribution < -0.4 is 0 Å². The van der Waals surface area contributed by atoms with Gasteiger partial charge in [-0.1, -0.05) is 23.8 Å². The summed E-state index contributed by atoms with van der Waals surface area (Å²) in [5, 5.41) is 0. The van der Waals surface area contributed by atoms with Gasteiger partial charge in [0.25, 0.3) is 0 Å². The lowest BCUT2D eigenvalue weighted by molar-refractivity contribution is 0.0991. The van der Waals surface area contributed by atoms with E-state index in [0.717, 1.165) is 27.9 Å². The fraction of sp³-hybridized carbons (Fsp3) is 0.250. The maximum Gasteiger partial charge on any atom is 0.169 e. The minimum absolute atomic E-state index is 0.132. The van der Waals surface area contributed by atoms with Crippen LogP contribution in [0.5, 0.6) is 0 Å². The third-order valence-electron chi connectivity index (χ3n) is 3.01. The van der Waals surface area contributed by atoms with Crippen molar-refractivity contribution < 1.29 is 4.79 Å². The van der Waals surface area contributed by atoms with Crippen molar-refractivity contribution >= 4 is 5.78 Å². The van der Waals surface area contributed by atoms with Crippen molar-refractivity contribution in [3.63, 3.8) is 0 Å². The van der Waals surface area contributed by atoms with E-state index >= 15 is 0 Å². The lowest BCUT2D eigenvalue weighted by atomic mass is 9.99. The van der Waals surface area contributed by atoms with E-state index in [1.54, 1.807) is 6.20 Å². The number of benzene rings is 1. The topological polar surface area (TPSA) is 30.0 Å². The van der Waals surface area contributed by atoms with Gasteiger partial charge in [0.2, 0.25) is 0 Å². The number of hydrogen-bond acceptors (Lipinski definition) is 2. The molecule has 0 fully saturated rings. The second kappa shape index (κ2) is 5.13. The molecule has 92 valence electrons. The van der Waals surface area contributed by atoms with Crippen molar-refractivity contribution in [1.82, 2.24) is 4.98 Å². The number of aryl methyl sites for hydroxylation is 3. The minimum Gasteiger partial charge on any atom is -0.294 e. The second-order valence-electron chi connectivity index (χ2n) is 4.75. The first-order valence-electron chi connectivity index (χ1n) is 6.08. The Kier molecular flexibility index (Phi) is 3.56. The average Bonchev–Trinajstić information content (AvgIpc) is 2.35. The normalized spacial score (nSPS) is 10.4. The third kappa shape index (κ3) is 2.83. The monoisotopic (exact) mass is 239 g/mol. The van der Waals surface area contributed by atoms with Crippen molar-refractivity contribution in [2.45, 2.75) is 27.2 Å². The molecular formula is C16H17NO. The molecule has 0 aliphatic carbocycles. The van der Waals surface area contributed by atoms with Crippen LogP contribution in [0.15, 0.2) is 36.5 Å². The van der Waals surface area contributed by atoms with Crippen LogP contribution in [0.3, 0.4) is 0 Å². The van der Waals surface area contributed by atoms with Crippen LogP contribution in [0.4, 0.5) is 0 Å². The number of carbonyl (C=O) groups excluding carboxylic acids is 1. The summed E-state index contributed by atoms with van der Waals surface area (Å²) in [4.78, 5) is 16.5. The highest BCUT2D eigenvalue weighted by atomic mass is 16.1. The van der Waals surface area contributed by atoms with E-state index in [1.165, 1.54) is 0 Å². The van der Waals surface area contributed by atoms with Crippen LogP contribution in [-0.4, -0.2) is 10.8 Å². The van der Waals surface area contributed by atoms with Crippen LogP contribution in [0.2, 0.25) is 0 Å². The molecule has 0 saturated carbocycles. The Hall–Kier alpha value is -1.96. The van der Waals surface area contributed by atoms with E-state index < -0.39 is 0 Å². The Balaban J connectivity index is 2.21. The molecule has 0 unspecified atom stereocenters. The van der Waals surface area contributed by atoms with Crippen molar-refractivity contribution in [2.24, 2.45) is 0 Å². The van der Waals surface area contributed by atoms with Crippen LogP contribution in [-0.2, 0) is 6.42 Å². The predicted molar refractivity (Wildman–Crippen MR) is 72.9 cm³/mol. The van der Waals surface area contributed by atoms with Crippen molar-refractivity contribution in [3.8, 4) is 0 Å². The highest BCUT2D eigenvalue weighted by molar-refractivity contribution is 5.98. The van der Waals surface area contributed by atoms with Gasteiger partial charge in [-0.25, -0.2) is 0 Å². The number of rotatable bonds is 3. The zero-order valence-corrected chi connectivity index (χ0v) is 11.0. The molecule has 2 rings (SSSR count). The minimum atomic E-state index is 0.132. The van der Waals surface area contributed by atoms with E-state index in [2.05, 4.69) is 4.98 Å². The van der Waals surface area contributed by atoms with Crippen molar-refractivity contribution in [1.29, 1.82) is 0 Å². The molecule has 0 radical (unpaired) electrons. The molecular weight excluding hydrogens is 222 g/mol. The van der Waals surface area contributed by atoms with Crippen LogP contribution in [0.1, 0.15) is 32.7 Å². The molecule has 0 amide bonds. The Morgan fingerprint density at radius 2 is 1.78 bits per heavy atom. The maximum atomic E-state index is 12.2. The van der Waals surface area contributed by atoms with Gasteiger partial charge in [-0.05, 0) is 44.0 Å². The van der Waals surface area contributed by atoms with E-state index in [0.29, 0.717) is 6.42 Å². The summed E-state index contributed by atoms with van der Waals surface area (Å²) in [6.07, 6.45) is 2.16. The SMILES string of the molecule is Cc1ccc(CC(=O)c2cc(C)ccc2C)nc1. The smallest absolute Gasteiger partial charge is 0.169 e. The molecule has 2 aromatic rings. The Morgan fingerprint density at radius 3 is 2.44 bits per heavy atom. The predicted octanol–water partition coefficient (Wildman–Crippen LogP) is 3.43. The Bertz CT molecular complexity index is 570. The first kappa shape index (κ1) is 12.5. The number of nitrogens with zero attached hydrogens (tertiary/aromatic N) is 1. The first-order chi connectivity index (χ1) is 8.56. The van der Waals surface area contributed by atoms with Gasteiger partial charge in [0.1, 0.15) is 0 Å². The maximum absolute atomic E-state index is 12.2. The molecule has 0 N–H and O–H groups in total. The summed E-state index contributed by atoms with van der Waals surface area (Å²) < 4.78 is 0. The molecule has 2 nitrogen and oxygen atoms in total. The van der Waals surface area contributed by atoms with E-state index in [9.17, 15) is 4.79 Å². The van der Waals surface area contributed by atoms with Gasteiger partial charge in [-0.2, -0.15) is 0 Å². The van der Waals surface area contributed by atoms with Gasteiger partial charge in [0.15, 0.2) is 5.78 Å². The fourth-order valence-electron chi connectivity index (χ4n) is 1.90. The van der Waals surface area contributed by atoms with Gasteiger partial charge in [0.05, 0.1) is 6.42 Å². The van der Waals surface area contributed by atoms with Gasteiger partial charge in [-0.15, -0.1) is 0 Å². The number of ketones is 1. The van der Waals surface area contributed by atoms with Crippen LogP contribution in [0, 0.1) is 20.8 Å². The van der Waals surface area contributed by atoms with Gasteiger partial charge in [0, 0.05) is 17.5 Å². The van der Waals surface area contributed by atoms with Crippen LogP contribution >= 0.6 is 0 Å². The number of aromatic nitrogens is 1. The molecule has 1 aromatic heterocycles. The lowest BCUT2D eigenvalue weighted by Gasteiger charge is -2.06. The first-order valence-corrected chi connectivity index (χ1v) is 6.08. The summed E-state index contributed by atoms with van der Waals surface area (Å²) in [6.45, 7) is 5.96. The van der Waals surface area contributed by atoms with Crippen LogP contribution in [0.25, 0.3) is 0 Å². The van der Waals surface area contributed by atoms with Gasteiger partial charge < -0.3 is 0 Å². The molecule has 2 heteroatoms. The van der Waals surface area contributed by atoms with Crippen molar-refractivity contribution in [3.05, 3.63) is 64.5 Å². The zero-order chi connectivity index (χ0) is 13.1. The van der Waals surface area contributed by atoms with Crippen molar-refractivity contribution in [2.75, 3.05) is 0 Å². The highest BCUT2D eigenvalue weighted by Crippen LogP contribution is 2.13. The Morgan fingerprint density at radius 1 is 1.06 bits per heavy atom. The molecule has 0 spiro atoms. The van der Waals surface area contributed by atoms with E-state index in [-0.39, 0.29) is 5.78 Å². The molecule has 0 bridgehead atoms. The molecule has 0 atom stereocenters. The lowest BCUT2D eigenvalue weighted by Crippen LogP contribution is -2.07. The van der Waals surface area contributed by atoms with E-state index in [1.807, 2.05) is 51.1 Å². The molecule has 0 aliphatic rings. The number of hydrogen-bond donors (Lipinski definition) is 0. The van der Waals surface area contributed by atoms with E-state index in [4.69, 9.17) is 0 Å². The quantitative estimate of drug-likeness (QED) is 0.768. The third-order valence-corrected chi connectivity index (χ3v) is 3.01. The summed E-state index contributed by atoms with van der Waals surface area (Å²) in [5.41, 5.74) is 4.88. The second-order valence-corrected chi connectivity index (χ2v) is 4.75. The number of pyridine rings is 1.